The topological polar surface area (TPSA) is 40.7 Å². The molecule has 2 N–H and O–H groups in total. The number of rotatable bonds is 3. The van der Waals surface area contributed by atoms with E-state index >= 15 is 0 Å². The first kappa shape index (κ1) is 8.27. The third-order valence-electron chi connectivity index (χ3n) is 1.43. The van der Waals surface area contributed by atoms with Gasteiger partial charge in [0.05, 0.1) is 6.54 Å². The van der Waals surface area contributed by atoms with Crippen LogP contribution in [0.5, 0.6) is 0 Å². The Bertz CT molecular complexity index is 215. The number of imidazole rings is 1. The summed E-state index contributed by atoms with van der Waals surface area (Å²) in [6.45, 7) is 7.07. The number of hydrogen-bond acceptors (Lipinski definition) is 2. The number of aromatic nitrogens is 2. The molecular formula is C8H15N3. The third-order valence-corrected chi connectivity index (χ3v) is 1.43. The molecule has 0 fully saturated rings. The fourth-order valence-corrected chi connectivity index (χ4v) is 0.858. The van der Waals surface area contributed by atoms with Crippen LogP contribution >= 0.6 is 0 Å². The molecule has 1 heterocycles. The van der Waals surface area contributed by atoms with Gasteiger partial charge in [0.2, 0.25) is 0 Å². The lowest BCUT2D eigenvalue weighted by Gasteiger charge is -2.04. The van der Waals surface area contributed by atoms with Crippen LogP contribution in [-0.2, 0) is 6.54 Å². The van der Waals surface area contributed by atoms with E-state index in [-0.39, 0.29) is 0 Å². The van der Waals surface area contributed by atoms with Crippen molar-refractivity contribution < 1.29 is 0 Å². The summed E-state index contributed by atoms with van der Waals surface area (Å²) >= 11 is 0. The number of nitrogens with zero attached hydrogens (tertiary/aromatic N) is 1. The van der Waals surface area contributed by atoms with E-state index in [1.165, 1.54) is 0 Å². The summed E-state index contributed by atoms with van der Waals surface area (Å²) in [6.07, 6.45) is 1.84. The largest absolute Gasteiger partial charge is 0.345 e. The Morgan fingerprint density at radius 3 is 2.82 bits per heavy atom. The van der Waals surface area contributed by atoms with E-state index in [9.17, 15) is 0 Å². The maximum absolute atomic E-state index is 4.17. The van der Waals surface area contributed by atoms with E-state index in [0.29, 0.717) is 6.04 Å². The summed E-state index contributed by atoms with van der Waals surface area (Å²) in [5.41, 5.74) is 1.12. The van der Waals surface area contributed by atoms with Crippen molar-refractivity contribution in [3.63, 3.8) is 0 Å². The second kappa shape index (κ2) is 3.53. The molecule has 1 aromatic heterocycles. The molecule has 0 saturated carbocycles. The first-order valence-electron chi connectivity index (χ1n) is 3.92. The van der Waals surface area contributed by atoms with Gasteiger partial charge in [-0.3, -0.25) is 0 Å². The standard InChI is InChI=1S/C8H15N3/c1-6(2)9-5-8-10-4-7(3)11-8/h4,6,9H,5H2,1-3H3,(H,10,11). The Hall–Kier alpha value is -0.830. The van der Waals surface area contributed by atoms with Gasteiger partial charge in [-0.25, -0.2) is 4.98 Å². The van der Waals surface area contributed by atoms with Crippen LogP contribution in [0.4, 0.5) is 0 Å². The number of aromatic amines is 1. The van der Waals surface area contributed by atoms with Gasteiger partial charge in [0.15, 0.2) is 0 Å². The molecule has 1 aromatic rings. The van der Waals surface area contributed by atoms with Crippen LogP contribution in [-0.4, -0.2) is 16.0 Å². The molecule has 0 bridgehead atoms. The number of aryl methyl sites for hydroxylation is 1. The van der Waals surface area contributed by atoms with E-state index in [1.807, 2.05) is 13.1 Å². The highest BCUT2D eigenvalue weighted by Crippen LogP contribution is 1.94. The Morgan fingerprint density at radius 2 is 2.36 bits per heavy atom. The summed E-state index contributed by atoms with van der Waals surface area (Å²) in [4.78, 5) is 7.33. The molecular weight excluding hydrogens is 138 g/mol. The lowest BCUT2D eigenvalue weighted by atomic mass is 10.4. The quantitative estimate of drug-likeness (QED) is 0.685. The van der Waals surface area contributed by atoms with Gasteiger partial charge < -0.3 is 10.3 Å². The molecule has 0 saturated heterocycles. The Kier molecular flexibility index (Phi) is 2.65. The monoisotopic (exact) mass is 153 g/mol. The minimum absolute atomic E-state index is 0.514. The number of hydrogen-bond donors (Lipinski definition) is 2. The van der Waals surface area contributed by atoms with Gasteiger partial charge in [-0.05, 0) is 6.92 Å². The van der Waals surface area contributed by atoms with Crippen molar-refractivity contribution >= 4 is 0 Å². The zero-order valence-corrected chi connectivity index (χ0v) is 7.31. The second-order valence-electron chi connectivity index (χ2n) is 3.05. The highest BCUT2D eigenvalue weighted by Gasteiger charge is 1.97. The van der Waals surface area contributed by atoms with Crippen LogP contribution in [0.2, 0.25) is 0 Å². The van der Waals surface area contributed by atoms with Crippen molar-refractivity contribution in [1.82, 2.24) is 15.3 Å². The first-order valence-corrected chi connectivity index (χ1v) is 3.92. The average molecular weight is 153 g/mol. The van der Waals surface area contributed by atoms with E-state index in [4.69, 9.17) is 0 Å². The van der Waals surface area contributed by atoms with Crippen molar-refractivity contribution in [2.75, 3.05) is 0 Å². The van der Waals surface area contributed by atoms with Gasteiger partial charge >= 0.3 is 0 Å². The first-order chi connectivity index (χ1) is 5.18. The van der Waals surface area contributed by atoms with Crippen LogP contribution < -0.4 is 5.32 Å². The maximum Gasteiger partial charge on any atom is 0.120 e. The van der Waals surface area contributed by atoms with Crippen molar-refractivity contribution in [1.29, 1.82) is 0 Å². The molecule has 0 amide bonds. The molecule has 3 nitrogen and oxygen atoms in total. The van der Waals surface area contributed by atoms with Crippen LogP contribution in [0.3, 0.4) is 0 Å². The zero-order chi connectivity index (χ0) is 8.27. The summed E-state index contributed by atoms with van der Waals surface area (Å²) in [7, 11) is 0. The van der Waals surface area contributed by atoms with E-state index in [0.717, 1.165) is 18.1 Å². The van der Waals surface area contributed by atoms with Gasteiger partial charge in [0, 0.05) is 17.9 Å². The number of nitrogens with one attached hydrogen (secondary N) is 2. The average Bonchev–Trinajstić information content (AvgIpc) is 2.31. The number of H-pyrrole nitrogens is 1. The van der Waals surface area contributed by atoms with Crippen LogP contribution in [0, 0.1) is 6.92 Å². The van der Waals surface area contributed by atoms with Crippen molar-refractivity contribution in [2.24, 2.45) is 0 Å². The highest BCUT2D eigenvalue weighted by molar-refractivity contribution is 4.97. The minimum Gasteiger partial charge on any atom is -0.345 e. The lowest BCUT2D eigenvalue weighted by molar-refractivity contribution is 0.575. The molecule has 11 heavy (non-hydrogen) atoms. The van der Waals surface area contributed by atoms with Crippen LogP contribution in [0.15, 0.2) is 6.20 Å². The molecule has 0 radical (unpaired) electrons. The summed E-state index contributed by atoms with van der Waals surface area (Å²) in [6, 6.07) is 0.514. The van der Waals surface area contributed by atoms with Crippen LogP contribution in [0.25, 0.3) is 0 Å². The van der Waals surface area contributed by atoms with E-state index in [1.54, 1.807) is 0 Å². The van der Waals surface area contributed by atoms with Gasteiger partial charge in [-0.2, -0.15) is 0 Å². The summed E-state index contributed by atoms with van der Waals surface area (Å²) in [5, 5.41) is 3.28. The molecule has 0 atom stereocenters. The molecule has 1 rings (SSSR count). The molecule has 0 aliphatic carbocycles. The smallest absolute Gasteiger partial charge is 0.120 e. The van der Waals surface area contributed by atoms with E-state index in [2.05, 4.69) is 29.1 Å². The lowest BCUT2D eigenvalue weighted by Crippen LogP contribution is -2.22. The molecule has 0 unspecified atom stereocenters. The van der Waals surface area contributed by atoms with Crippen molar-refractivity contribution in [3.8, 4) is 0 Å². The van der Waals surface area contributed by atoms with Gasteiger partial charge in [0.1, 0.15) is 5.82 Å². The van der Waals surface area contributed by atoms with Gasteiger partial charge in [-0.15, -0.1) is 0 Å². The normalized spacial score (nSPS) is 10.9. The Morgan fingerprint density at radius 1 is 1.64 bits per heavy atom. The fraction of sp³-hybridized carbons (Fsp3) is 0.625. The highest BCUT2D eigenvalue weighted by atomic mass is 15.0. The molecule has 3 heteroatoms. The predicted molar refractivity (Wildman–Crippen MR) is 45.3 cm³/mol. The molecule has 62 valence electrons. The Labute approximate surface area is 67.2 Å². The fourth-order valence-electron chi connectivity index (χ4n) is 0.858. The molecule has 0 spiro atoms. The molecule has 0 aliphatic heterocycles. The Balaban J connectivity index is 2.39. The van der Waals surface area contributed by atoms with E-state index < -0.39 is 0 Å². The van der Waals surface area contributed by atoms with Crippen LogP contribution in [0.1, 0.15) is 25.4 Å². The third kappa shape index (κ3) is 2.72. The van der Waals surface area contributed by atoms with Crippen molar-refractivity contribution in [2.45, 2.75) is 33.4 Å². The SMILES string of the molecule is Cc1cnc(CNC(C)C)[nH]1. The van der Waals surface area contributed by atoms with Crippen molar-refractivity contribution in [3.05, 3.63) is 17.7 Å². The predicted octanol–water partition coefficient (Wildman–Crippen LogP) is 1.22. The zero-order valence-electron chi connectivity index (χ0n) is 7.31. The summed E-state index contributed by atoms with van der Waals surface area (Å²) in [5.74, 6) is 1.01. The molecule has 0 aromatic carbocycles. The van der Waals surface area contributed by atoms with Gasteiger partial charge in [-0.1, -0.05) is 13.8 Å². The second-order valence-corrected chi connectivity index (χ2v) is 3.05. The molecule has 0 aliphatic rings. The minimum atomic E-state index is 0.514. The maximum atomic E-state index is 4.17. The van der Waals surface area contributed by atoms with Gasteiger partial charge in [0.25, 0.3) is 0 Å². The summed E-state index contributed by atoms with van der Waals surface area (Å²) < 4.78 is 0.